The summed E-state index contributed by atoms with van der Waals surface area (Å²) in [7, 11) is 0. The summed E-state index contributed by atoms with van der Waals surface area (Å²) in [6, 6.07) is 5.08. The van der Waals surface area contributed by atoms with E-state index in [-0.39, 0.29) is 6.61 Å². The molecule has 0 saturated carbocycles. The third kappa shape index (κ3) is 3.38. The van der Waals surface area contributed by atoms with Crippen molar-refractivity contribution < 1.29 is 9.53 Å². The van der Waals surface area contributed by atoms with Crippen molar-refractivity contribution in [2.24, 2.45) is 0 Å². The van der Waals surface area contributed by atoms with Gasteiger partial charge >= 0.3 is 5.97 Å². The van der Waals surface area contributed by atoms with Gasteiger partial charge in [-0.05, 0) is 40.9 Å². The van der Waals surface area contributed by atoms with Gasteiger partial charge in [0.2, 0.25) is 0 Å². The number of hydrogen-bond acceptors (Lipinski definition) is 4. The quantitative estimate of drug-likeness (QED) is 0.614. The van der Waals surface area contributed by atoms with Crippen molar-refractivity contribution in [1.82, 2.24) is 14.8 Å². The molecule has 102 valence electrons. The first-order chi connectivity index (χ1) is 9.61. The van der Waals surface area contributed by atoms with Gasteiger partial charge in [-0.3, -0.25) is 0 Å². The maximum Gasteiger partial charge on any atom is 0.384 e. The van der Waals surface area contributed by atoms with Gasteiger partial charge < -0.3 is 4.74 Å². The highest BCUT2D eigenvalue weighted by Gasteiger charge is 2.11. The summed E-state index contributed by atoms with van der Waals surface area (Å²) in [5.74, 6) is 4.91. The van der Waals surface area contributed by atoms with Gasteiger partial charge in [-0.1, -0.05) is 11.6 Å². The number of carbonyl (C=O) groups excluding carboxylic acids is 1. The van der Waals surface area contributed by atoms with Gasteiger partial charge in [0.05, 0.1) is 11.6 Å². The zero-order valence-corrected chi connectivity index (χ0v) is 12.8. The molecule has 0 aliphatic heterocycles. The Labute approximate surface area is 129 Å². The van der Waals surface area contributed by atoms with Crippen molar-refractivity contribution in [3.05, 3.63) is 39.7 Å². The Hall–Kier alpha value is -1.84. The monoisotopic (exact) mass is 353 g/mol. The standard InChI is InChI=1S/C13H9BrClN3O2/c1-2-20-12(19)6-5-9-8-11(14)17-18(9)13-10(15)4-3-7-16-13/h3-4,7-8H,2H2,1H3. The highest BCUT2D eigenvalue weighted by molar-refractivity contribution is 9.10. The Balaban J connectivity index is 2.41. The molecule has 7 heteroatoms. The molecule has 0 spiro atoms. The lowest BCUT2D eigenvalue weighted by atomic mass is 10.4. The van der Waals surface area contributed by atoms with Crippen LogP contribution in [0, 0.1) is 11.8 Å². The van der Waals surface area contributed by atoms with Gasteiger partial charge in [0, 0.05) is 18.2 Å². The normalized spacial score (nSPS) is 9.75. The molecular weight excluding hydrogens is 346 g/mol. The van der Waals surface area contributed by atoms with Gasteiger partial charge in [0.1, 0.15) is 10.3 Å². The van der Waals surface area contributed by atoms with E-state index >= 15 is 0 Å². The number of esters is 1. The van der Waals surface area contributed by atoms with Crippen molar-refractivity contribution in [1.29, 1.82) is 0 Å². The highest BCUT2D eigenvalue weighted by Crippen LogP contribution is 2.20. The minimum atomic E-state index is -0.594. The molecule has 0 radical (unpaired) electrons. The summed E-state index contributed by atoms with van der Waals surface area (Å²) in [5, 5.41) is 4.63. The van der Waals surface area contributed by atoms with Crippen LogP contribution in [0.3, 0.4) is 0 Å². The Morgan fingerprint density at radius 1 is 1.60 bits per heavy atom. The van der Waals surface area contributed by atoms with Crippen LogP contribution in [-0.4, -0.2) is 27.3 Å². The summed E-state index contributed by atoms with van der Waals surface area (Å²) < 4.78 is 6.76. The molecule has 0 atom stereocenters. The minimum Gasteiger partial charge on any atom is -0.456 e. The molecule has 0 N–H and O–H groups in total. The maximum atomic E-state index is 11.3. The van der Waals surface area contributed by atoms with Crippen LogP contribution < -0.4 is 0 Å². The van der Waals surface area contributed by atoms with E-state index < -0.39 is 5.97 Å². The number of carbonyl (C=O) groups is 1. The van der Waals surface area contributed by atoms with E-state index in [2.05, 4.69) is 37.9 Å². The van der Waals surface area contributed by atoms with Crippen LogP contribution in [0.4, 0.5) is 0 Å². The summed E-state index contributed by atoms with van der Waals surface area (Å²) in [6.07, 6.45) is 1.60. The third-order valence-corrected chi connectivity index (χ3v) is 2.87. The first-order valence-electron chi connectivity index (χ1n) is 5.67. The molecule has 2 aromatic rings. The van der Waals surface area contributed by atoms with Crippen LogP contribution in [0.2, 0.25) is 5.02 Å². The van der Waals surface area contributed by atoms with Crippen molar-refractivity contribution in [2.45, 2.75) is 6.92 Å². The largest absolute Gasteiger partial charge is 0.456 e. The minimum absolute atomic E-state index is 0.280. The van der Waals surface area contributed by atoms with E-state index in [0.29, 0.717) is 21.1 Å². The lowest BCUT2D eigenvalue weighted by Crippen LogP contribution is -2.04. The van der Waals surface area contributed by atoms with Crippen LogP contribution in [-0.2, 0) is 9.53 Å². The molecule has 5 nitrogen and oxygen atoms in total. The molecule has 0 aliphatic rings. The van der Waals surface area contributed by atoms with Crippen LogP contribution in [0.15, 0.2) is 29.0 Å². The van der Waals surface area contributed by atoms with Crippen LogP contribution in [0.25, 0.3) is 5.82 Å². The lowest BCUT2D eigenvalue weighted by Gasteiger charge is -2.03. The van der Waals surface area contributed by atoms with Gasteiger partial charge in [0.25, 0.3) is 0 Å². The van der Waals surface area contributed by atoms with E-state index in [0.717, 1.165) is 0 Å². The molecule has 0 amide bonds. The fourth-order valence-corrected chi connectivity index (χ4v) is 2.00. The van der Waals surface area contributed by atoms with Crippen molar-refractivity contribution in [3.63, 3.8) is 0 Å². The SMILES string of the molecule is CCOC(=O)C#Cc1cc(Br)nn1-c1ncccc1Cl. The fraction of sp³-hybridized carbons (Fsp3) is 0.154. The number of rotatable bonds is 2. The fourth-order valence-electron chi connectivity index (χ4n) is 1.42. The Morgan fingerprint density at radius 2 is 2.40 bits per heavy atom. The van der Waals surface area contributed by atoms with E-state index in [1.54, 1.807) is 31.3 Å². The third-order valence-electron chi connectivity index (χ3n) is 2.19. The topological polar surface area (TPSA) is 57.0 Å². The molecule has 0 saturated heterocycles. The number of pyridine rings is 1. The predicted molar refractivity (Wildman–Crippen MR) is 77.6 cm³/mol. The van der Waals surface area contributed by atoms with Gasteiger partial charge in [0.15, 0.2) is 5.82 Å². The summed E-state index contributed by atoms with van der Waals surface area (Å²) >= 11 is 9.33. The van der Waals surface area contributed by atoms with Crippen molar-refractivity contribution in [3.8, 4) is 17.7 Å². The highest BCUT2D eigenvalue weighted by atomic mass is 79.9. The van der Waals surface area contributed by atoms with Gasteiger partial charge in [-0.2, -0.15) is 5.10 Å². The molecule has 0 bridgehead atoms. The molecule has 2 heterocycles. The number of nitrogens with zero attached hydrogens (tertiary/aromatic N) is 3. The van der Waals surface area contributed by atoms with E-state index in [4.69, 9.17) is 16.3 Å². The van der Waals surface area contributed by atoms with Gasteiger partial charge in [-0.25, -0.2) is 14.5 Å². The average Bonchev–Trinajstić information content (AvgIpc) is 2.78. The first-order valence-corrected chi connectivity index (χ1v) is 6.84. The number of hydrogen-bond donors (Lipinski definition) is 0. The second kappa shape index (κ2) is 6.55. The lowest BCUT2D eigenvalue weighted by molar-refractivity contribution is -0.136. The first kappa shape index (κ1) is 14.6. The summed E-state index contributed by atoms with van der Waals surface area (Å²) in [5.41, 5.74) is 0.477. The maximum absolute atomic E-state index is 11.3. The van der Waals surface area contributed by atoms with Crippen LogP contribution >= 0.6 is 27.5 Å². The molecule has 0 fully saturated rings. The molecule has 20 heavy (non-hydrogen) atoms. The van der Waals surface area contributed by atoms with Crippen molar-refractivity contribution in [2.75, 3.05) is 6.61 Å². The van der Waals surface area contributed by atoms with Gasteiger partial charge in [-0.15, -0.1) is 0 Å². The average molecular weight is 355 g/mol. The molecule has 0 aliphatic carbocycles. The summed E-state index contributed by atoms with van der Waals surface area (Å²) in [4.78, 5) is 15.4. The number of halogens is 2. The Bertz CT molecular complexity index is 703. The number of ether oxygens (including phenoxy) is 1. The molecule has 0 aromatic carbocycles. The Morgan fingerprint density at radius 3 is 3.10 bits per heavy atom. The summed E-state index contributed by atoms with van der Waals surface area (Å²) in [6.45, 7) is 2.00. The van der Waals surface area contributed by atoms with Crippen LogP contribution in [0.5, 0.6) is 0 Å². The van der Waals surface area contributed by atoms with Crippen molar-refractivity contribution >= 4 is 33.5 Å². The predicted octanol–water partition coefficient (Wildman–Crippen LogP) is 2.60. The Kier molecular flexibility index (Phi) is 4.77. The van der Waals surface area contributed by atoms with Crippen LogP contribution in [0.1, 0.15) is 12.6 Å². The molecule has 2 aromatic heterocycles. The number of aromatic nitrogens is 3. The van der Waals surface area contributed by atoms with E-state index in [9.17, 15) is 4.79 Å². The van der Waals surface area contributed by atoms with E-state index in [1.807, 2.05) is 0 Å². The molecule has 2 rings (SSSR count). The zero-order valence-electron chi connectivity index (χ0n) is 10.4. The molecular formula is C13H9BrClN3O2. The zero-order chi connectivity index (χ0) is 14.5. The molecule has 0 unspecified atom stereocenters. The smallest absolute Gasteiger partial charge is 0.384 e. The van der Waals surface area contributed by atoms with E-state index in [1.165, 1.54) is 4.68 Å². The second-order valence-electron chi connectivity index (χ2n) is 3.54. The second-order valence-corrected chi connectivity index (χ2v) is 4.76.